The average molecular weight is 453 g/mol. The molecule has 1 aliphatic heterocycles. The number of halogens is 1. The number of methoxy groups -OCH3 is 1. The van der Waals surface area contributed by atoms with Gasteiger partial charge in [-0.05, 0) is 36.4 Å². The molecule has 31 heavy (non-hydrogen) atoms. The summed E-state index contributed by atoms with van der Waals surface area (Å²) in [5.74, 6) is 0.834. The fourth-order valence-electron chi connectivity index (χ4n) is 3.86. The third-order valence-electron chi connectivity index (χ3n) is 5.57. The molecule has 1 aliphatic rings. The van der Waals surface area contributed by atoms with Crippen LogP contribution in [0.25, 0.3) is 16.2 Å². The van der Waals surface area contributed by atoms with Crippen molar-refractivity contribution in [2.24, 2.45) is 0 Å². The third-order valence-corrected chi connectivity index (χ3v) is 6.73. The molecule has 0 aliphatic carbocycles. The van der Waals surface area contributed by atoms with Gasteiger partial charge in [-0.3, -0.25) is 9.20 Å². The van der Waals surface area contributed by atoms with Gasteiger partial charge in [-0.1, -0.05) is 23.7 Å². The lowest BCUT2D eigenvalue weighted by molar-refractivity contribution is 0.0740. The van der Waals surface area contributed by atoms with Crippen molar-refractivity contribution in [1.29, 1.82) is 0 Å². The van der Waals surface area contributed by atoms with Gasteiger partial charge in [0, 0.05) is 43.3 Å². The second-order valence-corrected chi connectivity index (χ2v) is 8.60. The number of imidazole rings is 1. The zero-order valence-electron chi connectivity index (χ0n) is 17.0. The minimum absolute atomic E-state index is 0.0312. The van der Waals surface area contributed by atoms with Crippen molar-refractivity contribution >= 4 is 39.5 Å². The van der Waals surface area contributed by atoms with Crippen molar-refractivity contribution in [3.63, 3.8) is 0 Å². The highest BCUT2D eigenvalue weighted by molar-refractivity contribution is 7.15. The second kappa shape index (κ2) is 8.24. The number of nitrogens with zero attached hydrogens (tertiary/aromatic N) is 4. The van der Waals surface area contributed by atoms with Crippen LogP contribution in [0, 0.1) is 0 Å². The van der Waals surface area contributed by atoms with E-state index in [0.29, 0.717) is 18.8 Å². The molecule has 2 aromatic carbocycles. The number of para-hydroxylation sites is 1. The first-order valence-corrected chi connectivity index (χ1v) is 11.3. The number of carbonyl (C=O) groups is 1. The molecular weight excluding hydrogens is 432 g/mol. The number of ether oxygens (including phenoxy) is 1. The molecule has 3 heterocycles. The summed E-state index contributed by atoms with van der Waals surface area (Å²) in [5, 5.41) is 2.63. The van der Waals surface area contributed by atoms with Crippen molar-refractivity contribution in [2.45, 2.75) is 0 Å². The fraction of sp³-hybridized carbons (Fsp3) is 0.217. The summed E-state index contributed by atoms with van der Waals surface area (Å²) in [7, 11) is 1.65. The largest absolute Gasteiger partial charge is 0.497 e. The van der Waals surface area contributed by atoms with Gasteiger partial charge in [-0.25, -0.2) is 4.98 Å². The van der Waals surface area contributed by atoms with Crippen LogP contribution >= 0.6 is 22.9 Å². The topological polar surface area (TPSA) is 50.1 Å². The standard InChI is InChI=1S/C23H21ClN4O2S/c1-30-17-8-6-16(7-9-17)19-14-28-21(15-31-23(28)25-19)22(29)27-12-10-26(11-13-27)20-5-3-2-4-18(20)24/h2-9,14-15H,10-13H2,1H3. The maximum Gasteiger partial charge on any atom is 0.271 e. The van der Waals surface area contributed by atoms with Gasteiger partial charge in [-0.2, -0.15) is 0 Å². The summed E-state index contributed by atoms with van der Waals surface area (Å²) < 4.78 is 7.12. The van der Waals surface area contributed by atoms with Crippen molar-refractivity contribution in [2.75, 3.05) is 38.2 Å². The predicted octanol–water partition coefficient (Wildman–Crippen LogP) is 4.69. The Labute approximate surface area is 189 Å². The summed E-state index contributed by atoms with van der Waals surface area (Å²) in [6.07, 6.45) is 1.93. The number of thiazole rings is 1. The van der Waals surface area contributed by atoms with E-state index in [4.69, 9.17) is 21.3 Å². The molecule has 5 rings (SSSR count). The Balaban J connectivity index is 1.33. The van der Waals surface area contributed by atoms with Crippen molar-refractivity contribution in [3.05, 3.63) is 70.8 Å². The van der Waals surface area contributed by atoms with Crippen LogP contribution in [0.5, 0.6) is 5.75 Å². The first-order valence-electron chi connectivity index (χ1n) is 10.0. The minimum atomic E-state index is 0.0312. The highest BCUT2D eigenvalue weighted by atomic mass is 35.5. The molecule has 4 aromatic rings. The summed E-state index contributed by atoms with van der Waals surface area (Å²) in [6.45, 7) is 2.82. The molecule has 0 unspecified atom stereocenters. The van der Waals surface area contributed by atoms with E-state index >= 15 is 0 Å². The zero-order chi connectivity index (χ0) is 21.4. The number of aromatic nitrogens is 2. The molecule has 1 saturated heterocycles. The molecule has 8 heteroatoms. The smallest absolute Gasteiger partial charge is 0.271 e. The molecule has 6 nitrogen and oxygen atoms in total. The first kappa shape index (κ1) is 19.9. The van der Waals surface area contributed by atoms with Crippen LogP contribution in [0.4, 0.5) is 5.69 Å². The lowest BCUT2D eigenvalue weighted by Crippen LogP contribution is -2.49. The van der Waals surface area contributed by atoms with Crippen molar-refractivity contribution in [1.82, 2.24) is 14.3 Å². The van der Waals surface area contributed by atoms with E-state index in [9.17, 15) is 4.79 Å². The van der Waals surface area contributed by atoms with Crippen LogP contribution in [-0.2, 0) is 0 Å². The number of anilines is 1. The van der Waals surface area contributed by atoms with Crippen LogP contribution in [0.3, 0.4) is 0 Å². The summed E-state index contributed by atoms with van der Waals surface area (Å²) in [4.78, 5) is 22.9. The Kier molecular flexibility index (Phi) is 5.29. The molecule has 0 atom stereocenters. The van der Waals surface area contributed by atoms with E-state index < -0.39 is 0 Å². The van der Waals surface area contributed by atoms with Gasteiger partial charge in [-0.15, -0.1) is 11.3 Å². The first-order chi connectivity index (χ1) is 15.1. The lowest BCUT2D eigenvalue weighted by atomic mass is 10.2. The van der Waals surface area contributed by atoms with Gasteiger partial charge in [0.2, 0.25) is 0 Å². The van der Waals surface area contributed by atoms with E-state index in [1.807, 2.05) is 69.4 Å². The third kappa shape index (κ3) is 3.75. The number of carbonyl (C=O) groups excluding carboxylic acids is 1. The lowest BCUT2D eigenvalue weighted by Gasteiger charge is -2.36. The van der Waals surface area contributed by atoms with Crippen LogP contribution < -0.4 is 9.64 Å². The Morgan fingerprint density at radius 3 is 2.52 bits per heavy atom. The number of rotatable bonds is 4. The highest BCUT2D eigenvalue weighted by Gasteiger charge is 2.25. The van der Waals surface area contributed by atoms with Gasteiger partial charge in [0.05, 0.1) is 23.5 Å². The van der Waals surface area contributed by atoms with Crippen molar-refractivity contribution in [3.8, 4) is 17.0 Å². The molecular formula is C23H21ClN4O2S. The molecule has 0 N–H and O–H groups in total. The molecule has 1 fully saturated rings. The maximum absolute atomic E-state index is 13.2. The van der Waals surface area contributed by atoms with Gasteiger partial charge < -0.3 is 14.5 Å². The normalized spacial score (nSPS) is 14.3. The van der Waals surface area contributed by atoms with Crippen molar-refractivity contribution < 1.29 is 9.53 Å². The van der Waals surface area contributed by atoms with Gasteiger partial charge in [0.1, 0.15) is 11.4 Å². The monoisotopic (exact) mass is 452 g/mol. The Bertz CT molecular complexity index is 1230. The van der Waals surface area contributed by atoms with Gasteiger partial charge in [0.15, 0.2) is 4.96 Å². The quantitative estimate of drug-likeness (QED) is 0.451. The summed E-state index contributed by atoms with van der Waals surface area (Å²) in [6, 6.07) is 15.6. The molecule has 1 amide bonds. The van der Waals surface area contributed by atoms with Gasteiger partial charge >= 0.3 is 0 Å². The fourth-order valence-corrected chi connectivity index (χ4v) is 4.96. The molecule has 0 spiro atoms. The SMILES string of the molecule is COc1ccc(-c2cn3c(C(=O)N4CCN(c5ccccc5Cl)CC4)csc3n2)cc1. The van der Waals surface area contributed by atoms with E-state index in [0.717, 1.165) is 45.8 Å². The Morgan fingerprint density at radius 2 is 1.81 bits per heavy atom. The number of hydrogen-bond acceptors (Lipinski definition) is 5. The number of benzene rings is 2. The Morgan fingerprint density at radius 1 is 1.06 bits per heavy atom. The molecule has 2 aromatic heterocycles. The zero-order valence-corrected chi connectivity index (χ0v) is 18.6. The Hall–Kier alpha value is -3.03. The van der Waals surface area contributed by atoms with Crippen LogP contribution in [0.2, 0.25) is 5.02 Å². The molecule has 0 saturated carbocycles. The van der Waals surface area contributed by atoms with Gasteiger partial charge in [0.25, 0.3) is 5.91 Å². The number of fused-ring (bicyclic) bond motifs is 1. The van der Waals surface area contributed by atoms with Crippen LogP contribution in [-0.4, -0.2) is 53.5 Å². The van der Waals surface area contributed by atoms with E-state index in [1.54, 1.807) is 7.11 Å². The van der Waals surface area contributed by atoms with Crippen LogP contribution in [0.15, 0.2) is 60.1 Å². The summed E-state index contributed by atoms with van der Waals surface area (Å²) >= 11 is 7.82. The summed E-state index contributed by atoms with van der Waals surface area (Å²) in [5.41, 5.74) is 3.50. The van der Waals surface area contributed by atoms with Crippen LogP contribution in [0.1, 0.15) is 10.5 Å². The number of piperazine rings is 1. The second-order valence-electron chi connectivity index (χ2n) is 7.36. The maximum atomic E-state index is 13.2. The minimum Gasteiger partial charge on any atom is -0.497 e. The molecule has 0 bridgehead atoms. The predicted molar refractivity (Wildman–Crippen MR) is 125 cm³/mol. The number of hydrogen-bond donors (Lipinski definition) is 0. The van der Waals surface area contributed by atoms with E-state index in [-0.39, 0.29) is 5.91 Å². The molecule has 158 valence electrons. The number of amides is 1. The molecule has 0 radical (unpaired) electrons. The average Bonchev–Trinajstić information content (AvgIpc) is 3.40. The highest BCUT2D eigenvalue weighted by Crippen LogP contribution is 2.28. The van der Waals surface area contributed by atoms with E-state index in [1.165, 1.54) is 11.3 Å². The van der Waals surface area contributed by atoms with E-state index in [2.05, 4.69) is 4.90 Å².